The Balaban J connectivity index is 2.03. The molecule has 2 aromatic heterocycles. The SMILES string of the molecule is Cc1sc2c(c1CN=CC=CN)COCc1nnc(C)n1-2. The predicted molar refractivity (Wildman–Crippen MR) is 82.7 cm³/mol. The van der Waals surface area contributed by atoms with Gasteiger partial charge in [-0.05, 0) is 31.7 Å². The van der Waals surface area contributed by atoms with E-state index in [0.29, 0.717) is 19.8 Å². The van der Waals surface area contributed by atoms with Crippen LogP contribution in [-0.2, 0) is 24.5 Å². The molecule has 0 fully saturated rings. The molecule has 0 spiro atoms. The highest BCUT2D eigenvalue weighted by atomic mass is 32.1. The lowest BCUT2D eigenvalue weighted by Gasteiger charge is -2.04. The van der Waals surface area contributed by atoms with Gasteiger partial charge in [-0.1, -0.05) is 0 Å². The summed E-state index contributed by atoms with van der Waals surface area (Å²) in [7, 11) is 0. The van der Waals surface area contributed by atoms with E-state index in [1.165, 1.54) is 22.2 Å². The van der Waals surface area contributed by atoms with Crippen LogP contribution in [0.1, 0.15) is 27.7 Å². The molecule has 6 nitrogen and oxygen atoms in total. The summed E-state index contributed by atoms with van der Waals surface area (Å²) >= 11 is 1.74. The lowest BCUT2D eigenvalue weighted by molar-refractivity contribution is 0.104. The van der Waals surface area contributed by atoms with Crippen LogP contribution in [0.25, 0.3) is 5.00 Å². The van der Waals surface area contributed by atoms with Gasteiger partial charge in [0.05, 0.1) is 13.2 Å². The first-order valence-electron chi connectivity index (χ1n) is 6.69. The number of aliphatic imine (C=N–C) groups is 1. The zero-order chi connectivity index (χ0) is 14.8. The fraction of sp³-hybridized carbons (Fsp3) is 0.357. The first-order valence-corrected chi connectivity index (χ1v) is 7.51. The third-order valence-corrected chi connectivity index (χ3v) is 4.60. The molecule has 21 heavy (non-hydrogen) atoms. The fourth-order valence-electron chi connectivity index (χ4n) is 2.41. The Morgan fingerprint density at radius 1 is 1.38 bits per heavy atom. The molecule has 0 aromatic carbocycles. The smallest absolute Gasteiger partial charge is 0.164 e. The molecular weight excluding hydrogens is 286 g/mol. The van der Waals surface area contributed by atoms with Crippen molar-refractivity contribution in [2.24, 2.45) is 10.7 Å². The van der Waals surface area contributed by atoms with Gasteiger partial charge in [0.25, 0.3) is 0 Å². The summed E-state index contributed by atoms with van der Waals surface area (Å²) in [4.78, 5) is 5.64. The first-order chi connectivity index (χ1) is 10.2. The monoisotopic (exact) mass is 303 g/mol. The Labute approximate surface area is 127 Å². The minimum Gasteiger partial charge on any atom is -0.405 e. The normalized spacial score (nSPS) is 14.6. The van der Waals surface area contributed by atoms with Crippen LogP contribution in [0.2, 0.25) is 0 Å². The number of aryl methyl sites for hydroxylation is 2. The number of fused-ring (bicyclic) bond motifs is 3. The van der Waals surface area contributed by atoms with Crippen LogP contribution in [0.15, 0.2) is 17.3 Å². The summed E-state index contributed by atoms with van der Waals surface area (Å²) in [5.74, 6) is 1.74. The molecule has 1 aliphatic rings. The maximum absolute atomic E-state index is 5.74. The van der Waals surface area contributed by atoms with Crippen molar-refractivity contribution < 1.29 is 4.74 Å². The van der Waals surface area contributed by atoms with Gasteiger partial charge in [-0.3, -0.25) is 9.56 Å². The Morgan fingerprint density at radius 3 is 3.05 bits per heavy atom. The number of rotatable bonds is 3. The van der Waals surface area contributed by atoms with E-state index in [9.17, 15) is 0 Å². The summed E-state index contributed by atoms with van der Waals surface area (Å²) in [5, 5.41) is 9.49. The van der Waals surface area contributed by atoms with Crippen LogP contribution in [0.4, 0.5) is 0 Å². The molecule has 0 atom stereocenters. The standard InChI is InChI=1S/C14H17N5OS/c1-9-11(6-16-5-3-4-15)12-7-20-8-13-18-17-10(2)19(13)14(12)21-9/h3-5H,6-8,15H2,1-2H3. The highest BCUT2D eigenvalue weighted by Crippen LogP contribution is 2.35. The van der Waals surface area contributed by atoms with E-state index < -0.39 is 0 Å². The summed E-state index contributed by atoms with van der Waals surface area (Å²) in [6.07, 6.45) is 4.91. The van der Waals surface area contributed by atoms with E-state index in [1.54, 1.807) is 23.6 Å². The van der Waals surface area contributed by atoms with Gasteiger partial charge >= 0.3 is 0 Å². The van der Waals surface area contributed by atoms with Crippen molar-refractivity contribution in [2.75, 3.05) is 0 Å². The number of hydrogen-bond acceptors (Lipinski definition) is 6. The lowest BCUT2D eigenvalue weighted by Crippen LogP contribution is -2.00. The Morgan fingerprint density at radius 2 is 2.24 bits per heavy atom. The molecular formula is C14H17N5OS. The van der Waals surface area contributed by atoms with Crippen LogP contribution < -0.4 is 5.73 Å². The largest absolute Gasteiger partial charge is 0.405 e. The van der Waals surface area contributed by atoms with Crippen molar-refractivity contribution in [2.45, 2.75) is 33.6 Å². The molecule has 3 rings (SSSR count). The summed E-state index contributed by atoms with van der Waals surface area (Å²) in [6, 6.07) is 0. The molecule has 0 bridgehead atoms. The van der Waals surface area contributed by atoms with Crippen molar-refractivity contribution in [3.63, 3.8) is 0 Å². The second-order valence-corrected chi connectivity index (χ2v) is 5.99. The highest BCUT2D eigenvalue weighted by molar-refractivity contribution is 7.14. The van der Waals surface area contributed by atoms with Crippen LogP contribution in [-0.4, -0.2) is 21.0 Å². The molecule has 2 N–H and O–H groups in total. The summed E-state index contributed by atoms with van der Waals surface area (Å²) < 4.78 is 7.83. The zero-order valence-corrected chi connectivity index (χ0v) is 12.9. The number of thiophene rings is 1. The molecule has 0 aliphatic carbocycles. The average Bonchev–Trinajstić information content (AvgIpc) is 2.90. The van der Waals surface area contributed by atoms with Crippen molar-refractivity contribution in [3.8, 4) is 5.00 Å². The second kappa shape index (κ2) is 5.79. The van der Waals surface area contributed by atoms with Crippen molar-refractivity contribution in [3.05, 3.63) is 39.9 Å². The number of nitrogens with two attached hydrogens (primary N) is 1. The van der Waals surface area contributed by atoms with Gasteiger partial charge in [0.1, 0.15) is 17.4 Å². The Kier molecular flexibility index (Phi) is 3.85. The number of nitrogens with zero attached hydrogens (tertiary/aromatic N) is 4. The maximum atomic E-state index is 5.74. The number of hydrogen-bond donors (Lipinski definition) is 1. The lowest BCUT2D eigenvalue weighted by atomic mass is 10.1. The van der Waals surface area contributed by atoms with Gasteiger partial charge in [-0.15, -0.1) is 21.5 Å². The van der Waals surface area contributed by atoms with E-state index in [2.05, 4.69) is 26.7 Å². The first kappa shape index (κ1) is 14.0. The molecule has 1 aliphatic heterocycles. The molecule has 0 saturated carbocycles. The van der Waals surface area contributed by atoms with E-state index in [1.807, 2.05) is 6.92 Å². The van der Waals surface area contributed by atoms with E-state index >= 15 is 0 Å². The molecule has 110 valence electrons. The molecule has 0 unspecified atom stereocenters. The van der Waals surface area contributed by atoms with Crippen LogP contribution in [0.5, 0.6) is 0 Å². The Hall–Kier alpha value is -1.99. The predicted octanol–water partition coefficient (Wildman–Crippen LogP) is 2.02. The van der Waals surface area contributed by atoms with E-state index in [4.69, 9.17) is 10.5 Å². The van der Waals surface area contributed by atoms with Gasteiger partial charge in [-0.25, -0.2) is 0 Å². The second-order valence-electron chi connectivity index (χ2n) is 4.79. The van der Waals surface area contributed by atoms with Gasteiger partial charge in [0.15, 0.2) is 5.82 Å². The third kappa shape index (κ3) is 2.50. The number of allylic oxidation sites excluding steroid dienone is 1. The van der Waals surface area contributed by atoms with Gasteiger partial charge < -0.3 is 10.5 Å². The Bertz CT molecular complexity index is 713. The average molecular weight is 303 g/mol. The topological polar surface area (TPSA) is 78.3 Å². The molecule has 3 heterocycles. The van der Waals surface area contributed by atoms with Crippen LogP contribution >= 0.6 is 11.3 Å². The van der Waals surface area contributed by atoms with Gasteiger partial charge in [-0.2, -0.15) is 0 Å². The minimum atomic E-state index is 0.486. The minimum absolute atomic E-state index is 0.486. The number of aromatic nitrogens is 3. The van der Waals surface area contributed by atoms with Gasteiger partial charge in [0, 0.05) is 16.7 Å². The van der Waals surface area contributed by atoms with Crippen LogP contribution in [0.3, 0.4) is 0 Å². The van der Waals surface area contributed by atoms with Gasteiger partial charge in [0.2, 0.25) is 0 Å². The molecule has 2 aromatic rings. The quantitative estimate of drug-likeness (QED) is 0.880. The van der Waals surface area contributed by atoms with Crippen molar-refractivity contribution >= 4 is 17.6 Å². The van der Waals surface area contributed by atoms with Crippen molar-refractivity contribution in [1.82, 2.24) is 14.8 Å². The summed E-state index contributed by atoms with van der Waals surface area (Å²) in [6.45, 7) is 5.77. The van der Waals surface area contributed by atoms with Crippen LogP contribution in [0, 0.1) is 13.8 Å². The highest BCUT2D eigenvalue weighted by Gasteiger charge is 2.24. The third-order valence-electron chi connectivity index (χ3n) is 3.42. The number of ether oxygens (including phenoxy) is 1. The molecule has 0 radical (unpaired) electrons. The zero-order valence-electron chi connectivity index (χ0n) is 12.0. The molecule has 7 heteroatoms. The molecule has 0 saturated heterocycles. The van der Waals surface area contributed by atoms with Crippen molar-refractivity contribution in [1.29, 1.82) is 0 Å². The van der Waals surface area contributed by atoms with E-state index in [0.717, 1.165) is 16.6 Å². The summed E-state index contributed by atoms with van der Waals surface area (Å²) in [5.41, 5.74) is 7.71. The fourth-order valence-corrected chi connectivity index (χ4v) is 3.64. The maximum Gasteiger partial charge on any atom is 0.164 e. The van der Waals surface area contributed by atoms with E-state index in [-0.39, 0.29) is 0 Å². The molecule has 0 amide bonds.